The fourth-order valence-electron chi connectivity index (χ4n) is 1.86. The number of hydrogen-bond acceptors (Lipinski definition) is 4. The Balaban J connectivity index is 2.80. The Morgan fingerprint density at radius 3 is 2.68 bits per heavy atom. The molecule has 19 heavy (non-hydrogen) atoms. The maximum absolute atomic E-state index is 11.4. The molecule has 1 aliphatic heterocycles. The molecule has 1 aliphatic rings. The van der Waals surface area contributed by atoms with Crippen molar-refractivity contribution in [3.8, 4) is 0 Å². The first-order valence-electron chi connectivity index (χ1n) is 6.54. The Bertz CT molecular complexity index is 382. The molecule has 1 rings (SSSR count). The average Bonchev–Trinajstić information content (AvgIpc) is 2.38. The van der Waals surface area contributed by atoms with Crippen molar-refractivity contribution in [3.63, 3.8) is 0 Å². The molecule has 2 N–H and O–H groups in total. The van der Waals surface area contributed by atoms with Crippen LogP contribution in [0.4, 0.5) is 0 Å². The lowest BCUT2D eigenvalue weighted by Crippen LogP contribution is -2.29. The van der Waals surface area contributed by atoms with Crippen molar-refractivity contribution in [3.05, 3.63) is 36.0 Å². The number of esters is 1. The second kappa shape index (κ2) is 7.92. The minimum absolute atomic E-state index is 0.201. The number of ether oxygens (including phenoxy) is 1. The van der Waals surface area contributed by atoms with E-state index in [1.807, 2.05) is 19.9 Å². The van der Waals surface area contributed by atoms with Crippen molar-refractivity contribution in [1.29, 1.82) is 0 Å². The van der Waals surface area contributed by atoms with Crippen molar-refractivity contribution in [2.75, 3.05) is 6.61 Å². The van der Waals surface area contributed by atoms with E-state index < -0.39 is 12.2 Å². The maximum Gasteiger partial charge on any atom is 0.330 e. The summed E-state index contributed by atoms with van der Waals surface area (Å²) in [6, 6.07) is 0. The molecule has 0 fully saturated rings. The lowest BCUT2D eigenvalue weighted by atomic mass is 9.97. The molecule has 4 heteroatoms. The molecule has 4 nitrogen and oxygen atoms in total. The molecule has 0 spiro atoms. The van der Waals surface area contributed by atoms with Crippen LogP contribution < -0.4 is 0 Å². The zero-order valence-electron chi connectivity index (χ0n) is 11.5. The minimum Gasteiger partial charge on any atom is -0.458 e. The molecule has 0 saturated heterocycles. The third-order valence-electron chi connectivity index (χ3n) is 2.97. The van der Waals surface area contributed by atoms with Gasteiger partial charge in [0, 0.05) is 12.0 Å². The van der Waals surface area contributed by atoms with Gasteiger partial charge in [0.25, 0.3) is 0 Å². The maximum atomic E-state index is 11.4. The van der Waals surface area contributed by atoms with Crippen LogP contribution in [0.3, 0.4) is 0 Å². The van der Waals surface area contributed by atoms with Crippen LogP contribution in [0.15, 0.2) is 36.0 Å². The molecular formula is C15H22O4. The smallest absolute Gasteiger partial charge is 0.330 e. The fourth-order valence-corrected chi connectivity index (χ4v) is 1.86. The number of carbonyl (C=O) groups is 1. The number of rotatable bonds is 0. The second-order valence-electron chi connectivity index (χ2n) is 4.87. The molecule has 1 heterocycles. The molecule has 0 aromatic heterocycles. The number of allylic oxidation sites excluding steroid dienone is 2. The Morgan fingerprint density at radius 2 is 1.95 bits per heavy atom. The van der Waals surface area contributed by atoms with Crippen molar-refractivity contribution >= 4 is 5.97 Å². The lowest BCUT2D eigenvalue weighted by Gasteiger charge is -2.20. The van der Waals surface area contributed by atoms with Gasteiger partial charge in [0.15, 0.2) is 0 Å². The number of aliphatic hydroxyl groups excluding tert-OH is 2. The van der Waals surface area contributed by atoms with Crippen molar-refractivity contribution in [2.24, 2.45) is 5.92 Å². The predicted octanol–water partition coefficient (Wildman–Crippen LogP) is 1.74. The first-order chi connectivity index (χ1) is 9.00. The summed E-state index contributed by atoms with van der Waals surface area (Å²) in [5.41, 5.74) is 0.849. The van der Waals surface area contributed by atoms with Crippen LogP contribution in [-0.2, 0) is 9.53 Å². The Labute approximate surface area is 114 Å². The fraction of sp³-hybridized carbons (Fsp3) is 0.533. The Morgan fingerprint density at radius 1 is 1.26 bits per heavy atom. The van der Waals surface area contributed by atoms with Crippen LogP contribution in [0.1, 0.15) is 26.7 Å². The summed E-state index contributed by atoms with van der Waals surface area (Å²) in [6.07, 6.45) is 8.03. The highest BCUT2D eigenvalue weighted by Gasteiger charge is 2.19. The zero-order chi connectivity index (χ0) is 14.3. The van der Waals surface area contributed by atoms with Gasteiger partial charge in [-0.25, -0.2) is 4.79 Å². The minimum atomic E-state index is -0.881. The van der Waals surface area contributed by atoms with E-state index >= 15 is 0 Å². The van der Waals surface area contributed by atoms with Gasteiger partial charge in [-0.2, -0.15) is 0 Å². The molecule has 0 radical (unpaired) electrons. The van der Waals surface area contributed by atoms with Gasteiger partial charge >= 0.3 is 5.97 Å². The highest BCUT2D eigenvalue weighted by atomic mass is 16.5. The van der Waals surface area contributed by atoms with E-state index in [4.69, 9.17) is 4.74 Å². The van der Waals surface area contributed by atoms with Gasteiger partial charge in [-0.05, 0) is 25.3 Å². The van der Waals surface area contributed by atoms with E-state index in [2.05, 4.69) is 0 Å². The third-order valence-corrected chi connectivity index (χ3v) is 2.97. The van der Waals surface area contributed by atoms with E-state index in [0.717, 1.165) is 5.57 Å². The van der Waals surface area contributed by atoms with Gasteiger partial charge in [-0.15, -0.1) is 0 Å². The van der Waals surface area contributed by atoms with Gasteiger partial charge in [-0.1, -0.05) is 31.2 Å². The quantitative estimate of drug-likeness (QED) is 0.518. The summed E-state index contributed by atoms with van der Waals surface area (Å²) in [4.78, 5) is 11.4. The topological polar surface area (TPSA) is 66.8 Å². The summed E-state index contributed by atoms with van der Waals surface area (Å²) >= 11 is 0. The Kier molecular flexibility index (Phi) is 6.53. The third kappa shape index (κ3) is 5.85. The molecule has 0 aromatic carbocycles. The summed E-state index contributed by atoms with van der Waals surface area (Å²) in [5.74, 6) is -0.571. The van der Waals surface area contributed by atoms with Crippen LogP contribution >= 0.6 is 0 Å². The molecule has 0 bridgehead atoms. The molecule has 0 amide bonds. The summed E-state index contributed by atoms with van der Waals surface area (Å²) in [6.45, 7) is 3.85. The number of carbonyl (C=O) groups excluding carboxylic acids is 1. The molecule has 3 atom stereocenters. The van der Waals surface area contributed by atoms with Gasteiger partial charge in [0.05, 0.1) is 12.2 Å². The predicted molar refractivity (Wildman–Crippen MR) is 73.4 cm³/mol. The molecule has 0 aromatic rings. The van der Waals surface area contributed by atoms with E-state index in [1.54, 1.807) is 18.2 Å². The monoisotopic (exact) mass is 266 g/mol. The SMILES string of the molecule is C/C1=C/[C@@H](C)[C@H](O)[C@@H](O)/C=C/CC/C=C/C(=O)OC1. The number of aliphatic hydroxyl groups is 2. The van der Waals surface area contributed by atoms with Gasteiger partial charge in [-0.3, -0.25) is 0 Å². The zero-order valence-corrected chi connectivity index (χ0v) is 11.5. The average molecular weight is 266 g/mol. The first-order valence-corrected chi connectivity index (χ1v) is 6.54. The molecule has 106 valence electrons. The van der Waals surface area contributed by atoms with Gasteiger partial charge in [0.2, 0.25) is 0 Å². The highest BCUT2D eigenvalue weighted by molar-refractivity contribution is 5.81. The largest absolute Gasteiger partial charge is 0.458 e. The van der Waals surface area contributed by atoms with Crippen molar-refractivity contribution < 1.29 is 19.7 Å². The van der Waals surface area contributed by atoms with Crippen LogP contribution in [-0.4, -0.2) is 35.0 Å². The molecular weight excluding hydrogens is 244 g/mol. The first kappa shape index (κ1) is 15.7. The Hall–Kier alpha value is -1.39. The van der Waals surface area contributed by atoms with Crippen LogP contribution in [0.5, 0.6) is 0 Å². The van der Waals surface area contributed by atoms with Crippen LogP contribution in [0.2, 0.25) is 0 Å². The van der Waals surface area contributed by atoms with Crippen molar-refractivity contribution in [1.82, 2.24) is 0 Å². The lowest BCUT2D eigenvalue weighted by molar-refractivity contribution is -0.136. The highest BCUT2D eigenvalue weighted by Crippen LogP contribution is 2.13. The van der Waals surface area contributed by atoms with E-state index in [0.29, 0.717) is 12.8 Å². The van der Waals surface area contributed by atoms with Crippen molar-refractivity contribution in [2.45, 2.75) is 38.9 Å². The van der Waals surface area contributed by atoms with E-state index in [9.17, 15) is 15.0 Å². The van der Waals surface area contributed by atoms with Gasteiger partial charge < -0.3 is 14.9 Å². The molecule has 0 unspecified atom stereocenters. The normalized spacial score (nSPS) is 36.5. The van der Waals surface area contributed by atoms with E-state index in [-0.39, 0.29) is 18.5 Å². The summed E-state index contributed by atoms with van der Waals surface area (Å²) in [7, 11) is 0. The molecule has 0 saturated carbocycles. The number of hydrogen-bond donors (Lipinski definition) is 2. The van der Waals surface area contributed by atoms with Gasteiger partial charge in [0.1, 0.15) is 6.61 Å². The van der Waals surface area contributed by atoms with Crippen LogP contribution in [0.25, 0.3) is 0 Å². The number of cyclic esters (lactones) is 1. The summed E-state index contributed by atoms with van der Waals surface area (Å²) < 4.78 is 5.05. The second-order valence-corrected chi connectivity index (χ2v) is 4.87. The molecule has 0 aliphatic carbocycles. The summed E-state index contributed by atoms with van der Waals surface area (Å²) in [5, 5.41) is 19.8. The van der Waals surface area contributed by atoms with Crippen LogP contribution in [0, 0.1) is 5.92 Å². The standard InChI is InChI=1S/C15H22O4/c1-11-9-12(2)15(18)13(16)7-5-3-4-6-8-14(17)19-10-11/h5-9,12-13,15-16,18H,3-4,10H2,1-2H3/b7-5+,8-6+,11-9-/t12-,13+,15+/m1/s1. The van der Waals surface area contributed by atoms with E-state index in [1.165, 1.54) is 6.08 Å².